The average Bonchev–Trinajstić information content (AvgIpc) is 2.10. The van der Waals surface area contributed by atoms with Gasteiger partial charge in [0.1, 0.15) is 0 Å². The molecule has 0 aliphatic rings. The van der Waals surface area contributed by atoms with Crippen LogP contribution in [0, 0.1) is 5.92 Å². The van der Waals surface area contributed by atoms with E-state index >= 15 is 0 Å². The molecule has 0 radical (unpaired) electrons. The SMILES string of the molecule is CCC(NC(=O)CCNC)C(C)C. The monoisotopic (exact) mass is 186 g/mol. The molecule has 0 heterocycles. The molecule has 0 aromatic carbocycles. The number of amides is 1. The van der Waals surface area contributed by atoms with Crippen molar-refractivity contribution in [2.24, 2.45) is 5.92 Å². The van der Waals surface area contributed by atoms with Gasteiger partial charge in [-0.1, -0.05) is 20.8 Å². The highest BCUT2D eigenvalue weighted by atomic mass is 16.1. The van der Waals surface area contributed by atoms with Crippen molar-refractivity contribution >= 4 is 5.91 Å². The molecule has 0 saturated carbocycles. The molecule has 0 aromatic rings. The number of carbonyl (C=O) groups excluding carboxylic acids is 1. The third kappa shape index (κ3) is 5.64. The lowest BCUT2D eigenvalue weighted by Crippen LogP contribution is -2.38. The molecular formula is C10H22N2O. The molecule has 13 heavy (non-hydrogen) atoms. The van der Waals surface area contributed by atoms with Crippen molar-refractivity contribution in [1.82, 2.24) is 10.6 Å². The van der Waals surface area contributed by atoms with Crippen molar-refractivity contribution in [1.29, 1.82) is 0 Å². The van der Waals surface area contributed by atoms with Crippen molar-refractivity contribution in [3.8, 4) is 0 Å². The van der Waals surface area contributed by atoms with Crippen molar-refractivity contribution < 1.29 is 4.79 Å². The summed E-state index contributed by atoms with van der Waals surface area (Å²) in [6.45, 7) is 7.11. The Balaban J connectivity index is 3.73. The highest BCUT2D eigenvalue weighted by molar-refractivity contribution is 5.76. The summed E-state index contributed by atoms with van der Waals surface area (Å²) in [6.07, 6.45) is 1.57. The fourth-order valence-electron chi connectivity index (χ4n) is 1.26. The van der Waals surface area contributed by atoms with Gasteiger partial charge in [-0.2, -0.15) is 0 Å². The Kier molecular flexibility index (Phi) is 6.59. The summed E-state index contributed by atoms with van der Waals surface area (Å²) >= 11 is 0. The largest absolute Gasteiger partial charge is 0.353 e. The van der Waals surface area contributed by atoms with Gasteiger partial charge in [0.15, 0.2) is 0 Å². The number of hydrogen-bond acceptors (Lipinski definition) is 2. The molecule has 3 nitrogen and oxygen atoms in total. The lowest BCUT2D eigenvalue weighted by Gasteiger charge is -2.20. The van der Waals surface area contributed by atoms with Crippen molar-refractivity contribution in [3.05, 3.63) is 0 Å². The first-order chi connectivity index (χ1) is 6.11. The number of carbonyl (C=O) groups is 1. The summed E-state index contributed by atoms with van der Waals surface area (Å²) in [6, 6.07) is 0.323. The van der Waals surface area contributed by atoms with Crippen LogP contribution < -0.4 is 10.6 Å². The summed E-state index contributed by atoms with van der Waals surface area (Å²) in [4.78, 5) is 11.3. The molecule has 0 aliphatic heterocycles. The predicted molar refractivity (Wildman–Crippen MR) is 55.6 cm³/mol. The predicted octanol–water partition coefficient (Wildman–Crippen LogP) is 1.15. The van der Waals surface area contributed by atoms with Crippen LogP contribution in [0.3, 0.4) is 0 Å². The van der Waals surface area contributed by atoms with Gasteiger partial charge in [-0.15, -0.1) is 0 Å². The summed E-state index contributed by atoms with van der Waals surface area (Å²) in [5, 5.41) is 5.98. The Labute approximate surface area is 81.3 Å². The topological polar surface area (TPSA) is 41.1 Å². The molecule has 78 valence electrons. The Morgan fingerprint density at radius 3 is 2.38 bits per heavy atom. The smallest absolute Gasteiger partial charge is 0.221 e. The zero-order valence-corrected chi connectivity index (χ0v) is 9.18. The van der Waals surface area contributed by atoms with Gasteiger partial charge in [0.25, 0.3) is 0 Å². The minimum Gasteiger partial charge on any atom is -0.353 e. The minimum absolute atomic E-state index is 0.148. The number of hydrogen-bond donors (Lipinski definition) is 2. The standard InChI is InChI=1S/C10H22N2O/c1-5-9(8(2)3)12-10(13)6-7-11-4/h8-9,11H,5-7H2,1-4H3,(H,12,13). The maximum absolute atomic E-state index is 11.3. The first-order valence-corrected chi connectivity index (χ1v) is 5.05. The molecule has 0 bridgehead atoms. The van der Waals surface area contributed by atoms with Crippen LogP contribution in [0.1, 0.15) is 33.6 Å². The van der Waals surface area contributed by atoms with E-state index in [0.29, 0.717) is 18.4 Å². The van der Waals surface area contributed by atoms with Crippen LogP contribution in [0.4, 0.5) is 0 Å². The van der Waals surface area contributed by atoms with E-state index < -0.39 is 0 Å². The number of rotatable bonds is 6. The Bertz CT molecular complexity index is 146. The maximum atomic E-state index is 11.3. The van der Waals surface area contributed by atoms with Crippen LogP contribution in [0.2, 0.25) is 0 Å². The zero-order chi connectivity index (χ0) is 10.3. The summed E-state index contributed by atoms with van der Waals surface area (Å²) in [5.41, 5.74) is 0. The molecule has 3 heteroatoms. The van der Waals surface area contributed by atoms with Gasteiger partial charge < -0.3 is 10.6 Å². The van der Waals surface area contributed by atoms with Gasteiger partial charge in [0, 0.05) is 19.0 Å². The summed E-state index contributed by atoms with van der Waals surface area (Å²) in [7, 11) is 1.85. The van der Waals surface area contributed by atoms with Crippen LogP contribution in [-0.4, -0.2) is 25.5 Å². The zero-order valence-electron chi connectivity index (χ0n) is 9.18. The quantitative estimate of drug-likeness (QED) is 0.653. The Morgan fingerprint density at radius 2 is 2.00 bits per heavy atom. The highest BCUT2D eigenvalue weighted by Gasteiger charge is 2.12. The highest BCUT2D eigenvalue weighted by Crippen LogP contribution is 2.05. The van der Waals surface area contributed by atoms with Crippen molar-refractivity contribution in [3.63, 3.8) is 0 Å². The summed E-state index contributed by atoms with van der Waals surface area (Å²) < 4.78 is 0. The van der Waals surface area contributed by atoms with E-state index in [0.717, 1.165) is 13.0 Å². The first-order valence-electron chi connectivity index (χ1n) is 5.05. The second-order valence-corrected chi connectivity index (χ2v) is 3.68. The third-order valence-electron chi connectivity index (χ3n) is 2.19. The van der Waals surface area contributed by atoms with Crippen LogP contribution in [0.25, 0.3) is 0 Å². The molecule has 2 N–H and O–H groups in total. The molecule has 1 amide bonds. The molecule has 0 fully saturated rings. The average molecular weight is 186 g/mol. The van der Waals surface area contributed by atoms with Gasteiger partial charge in [-0.25, -0.2) is 0 Å². The number of nitrogens with one attached hydrogen (secondary N) is 2. The summed E-state index contributed by atoms with van der Waals surface area (Å²) in [5.74, 6) is 0.665. The van der Waals surface area contributed by atoms with Gasteiger partial charge >= 0.3 is 0 Å². The Hall–Kier alpha value is -0.570. The van der Waals surface area contributed by atoms with Gasteiger partial charge in [0.2, 0.25) is 5.91 Å². The van der Waals surface area contributed by atoms with Gasteiger partial charge in [-0.3, -0.25) is 4.79 Å². The molecule has 0 aliphatic carbocycles. The second kappa shape index (κ2) is 6.89. The van der Waals surface area contributed by atoms with E-state index in [1.165, 1.54) is 0 Å². The molecule has 1 atom stereocenters. The lowest BCUT2D eigenvalue weighted by molar-refractivity contribution is -0.122. The van der Waals surface area contributed by atoms with Crippen molar-refractivity contribution in [2.45, 2.75) is 39.7 Å². The van der Waals surface area contributed by atoms with Crippen LogP contribution in [-0.2, 0) is 4.79 Å². The molecule has 0 saturated heterocycles. The van der Waals surface area contributed by atoms with Crippen LogP contribution in [0.15, 0.2) is 0 Å². The van der Waals surface area contributed by atoms with E-state index in [-0.39, 0.29) is 5.91 Å². The molecule has 1 unspecified atom stereocenters. The minimum atomic E-state index is 0.148. The first kappa shape index (κ1) is 12.4. The fraction of sp³-hybridized carbons (Fsp3) is 0.900. The fourth-order valence-corrected chi connectivity index (χ4v) is 1.26. The molecule has 0 rings (SSSR count). The van der Waals surface area contributed by atoms with Gasteiger partial charge in [0.05, 0.1) is 0 Å². The second-order valence-electron chi connectivity index (χ2n) is 3.68. The Morgan fingerprint density at radius 1 is 1.38 bits per heavy atom. The van der Waals surface area contributed by atoms with Gasteiger partial charge in [-0.05, 0) is 19.4 Å². The lowest BCUT2D eigenvalue weighted by atomic mass is 10.0. The van der Waals surface area contributed by atoms with Crippen molar-refractivity contribution in [2.75, 3.05) is 13.6 Å². The normalized spacial score (nSPS) is 13.0. The van der Waals surface area contributed by atoms with Crippen LogP contribution in [0.5, 0.6) is 0 Å². The molecular weight excluding hydrogens is 164 g/mol. The van der Waals surface area contributed by atoms with Crippen LogP contribution >= 0.6 is 0 Å². The molecule has 0 aromatic heterocycles. The molecule has 0 spiro atoms. The van der Waals surface area contributed by atoms with E-state index in [4.69, 9.17) is 0 Å². The van der Waals surface area contributed by atoms with E-state index in [2.05, 4.69) is 31.4 Å². The van der Waals surface area contributed by atoms with E-state index in [9.17, 15) is 4.79 Å². The maximum Gasteiger partial charge on any atom is 0.221 e. The van der Waals surface area contributed by atoms with E-state index in [1.54, 1.807) is 0 Å². The van der Waals surface area contributed by atoms with E-state index in [1.807, 2.05) is 7.05 Å². The third-order valence-corrected chi connectivity index (χ3v) is 2.19.